The molecule has 0 aliphatic rings. The molecule has 0 saturated heterocycles. The van der Waals surface area contributed by atoms with Crippen LogP contribution in [0.3, 0.4) is 0 Å². The predicted molar refractivity (Wildman–Crippen MR) is 94.7 cm³/mol. The quantitative estimate of drug-likeness (QED) is 0.547. The minimum Gasteiger partial charge on any atom is -0.457 e. The van der Waals surface area contributed by atoms with E-state index in [1.54, 1.807) is 38.2 Å². The van der Waals surface area contributed by atoms with Crippen LogP contribution in [0.15, 0.2) is 38.9 Å². The van der Waals surface area contributed by atoms with Gasteiger partial charge in [-0.05, 0) is 35.8 Å². The Bertz CT molecular complexity index is 909. The standard InChI is InChI=1S/C17H14BrFN2O3S/c1-9-12(16(24-21-9)14-8-20-17(18)25-14)7-15(22)23-10(2)11-5-3-4-6-13(11)19/h3-6,8,10H,7H2,1-2H3/t10-/m1/s1. The van der Waals surface area contributed by atoms with Crippen molar-refractivity contribution in [1.29, 1.82) is 0 Å². The number of carbonyl (C=O) groups excluding carboxylic acids is 1. The molecule has 2 heterocycles. The second kappa shape index (κ2) is 7.45. The van der Waals surface area contributed by atoms with E-state index in [0.717, 1.165) is 4.88 Å². The molecule has 3 aromatic rings. The average molecular weight is 425 g/mol. The van der Waals surface area contributed by atoms with Crippen molar-refractivity contribution in [2.24, 2.45) is 0 Å². The first-order valence-electron chi connectivity index (χ1n) is 7.46. The van der Waals surface area contributed by atoms with E-state index in [1.807, 2.05) is 0 Å². The van der Waals surface area contributed by atoms with Crippen LogP contribution in [0.2, 0.25) is 0 Å². The van der Waals surface area contributed by atoms with E-state index in [-0.39, 0.29) is 6.42 Å². The van der Waals surface area contributed by atoms with E-state index in [1.165, 1.54) is 17.4 Å². The molecule has 1 aromatic carbocycles. The number of carbonyl (C=O) groups is 1. The van der Waals surface area contributed by atoms with Crippen molar-refractivity contribution in [3.05, 3.63) is 57.0 Å². The smallest absolute Gasteiger partial charge is 0.311 e. The number of benzene rings is 1. The van der Waals surface area contributed by atoms with Crippen LogP contribution in [-0.2, 0) is 16.0 Å². The topological polar surface area (TPSA) is 65.2 Å². The highest BCUT2D eigenvalue weighted by Gasteiger charge is 2.22. The molecule has 0 aliphatic heterocycles. The Labute approximate surface area is 156 Å². The van der Waals surface area contributed by atoms with Gasteiger partial charge in [0, 0.05) is 11.1 Å². The van der Waals surface area contributed by atoms with Crippen molar-refractivity contribution >= 4 is 33.2 Å². The Balaban J connectivity index is 1.76. The van der Waals surface area contributed by atoms with Crippen molar-refractivity contribution in [3.63, 3.8) is 0 Å². The van der Waals surface area contributed by atoms with Crippen LogP contribution >= 0.6 is 27.3 Å². The average Bonchev–Trinajstić information content (AvgIpc) is 3.14. The van der Waals surface area contributed by atoms with Gasteiger partial charge in [0.1, 0.15) is 11.9 Å². The maximum atomic E-state index is 13.8. The van der Waals surface area contributed by atoms with Crippen LogP contribution in [0.1, 0.15) is 29.8 Å². The monoisotopic (exact) mass is 424 g/mol. The van der Waals surface area contributed by atoms with Gasteiger partial charge in [-0.1, -0.05) is 23.4 Å². The molecule has 0 fully saturated rings. The number of thiazole rings is 1. The molecule has 25 heavy (non-hydrogen) atoms. The van der Waals surface area contributed by atoms with Crippen LogP contribution in [0, 0.1) is 12.7 Å². The summed E-state index contributed by atoms with van der Waals surface area (Å²) in [6.45, 7) is 3.39. The van der Waals surface area contributed by atoms with Gasteiger partial charge < -0.3 is 9.26 Å². The van der Waals surface area contributed by atoms with Gasteiger partial charge in [0.2, 0.25) is 0 Å². The fourth-order valence-electron chi connectivity index (χ4n) is 2.40. The lowest BCUT2D eigenvalue weighted by molar-refractivity contribution is -0.147. The van der Waals surface area contributed by atoms with E-state index in [4.69, 9.17) is 9.26 Å². The molecule has 130 valence electrons. The van der Waals surface area contributed by atoms with Crippen molar-refractivity contribution in [2.75, 3.05) is 0 Å². The summed E-state index contributed by atoms with van der Waals surface area (Å²) in [5.41, 5.74) is 1.58. The zero-order chi connectivity index (χ0) is 18.0. The molecule has 0 unspecified atom stereocenters. The number of esters is 1. The number of hydrogen-bond acceptors (Lipinski definition) is 6. The van der Waals surface area contributed by atoms with Crippen LogP contribution in [0.4, 0.5) is 4.39 Å². The Kier molecular flexibility index (Phi) is 5.29. The first-order chi connectivity index (χ1) is 12.0. The maximum absolute atomic E-state index is 13.8. The molecule has 0 saturated carbocycles. The number of ether oxygens (including phenoxy) is 1. The van der Waals surface area contributed by atoms with Gasteiger partial charge in [-0.3, -0.25) is 4.79 Å². The first kappa shape index (κ1) is 17.8. The second-order valence-electron chi connectivity index (χ2n) is 5.38. The molecule has 3 rings (SSSR count). The molecule has 0 radical (unpaired) electrons. The molecule has 0 bridgehead atoms. The van der Waals surface area contributed by atoms with Crippen molar-refractivity contribution in [3.8, 4) is 10.6 Å². The van der Waals surface area contributed by atoms with Gasteiger partial charge in [-0.2, -0.15) is 0 Å². The highest BCUT2D eigenvalue weighted by molar-refractivity contribution is 9.11. The van der Waals surface area contributed by atoms with Gasteiger partial charge in [0.05, 0.1) is 23.2 Å². The van der Waals surface area contributed by atoms with Crippen LogP contribution in [-0.4, -0.2) is 16.1 Å². The van der Waals surface area contributed by atoms with Gasteiger partial charge in [0.25, 0.3) is 0 Å². The molecule has 0 N–H and O–H groups in total. The highest BCUT2D eigenvalue weighted by Crippen LogP contribution is 2.33. The fraction of sp³-hybridized carbons (Fsp3) is 0.235. The highest BCUT2D eigenvalue weighted by atomic mass is 79.9. The lowest BCUT2D eigenvalue weighted by atomic mass is 10.1. The van der Waals surface area contributed by atoms with Crippen LogP contribution in [0.25, 0.3) is 10.6 Å². The first-order valence-corrected chi connectivity index (χ1v) is 9.07. The summed E-state index contributed by atoms with van der Waals surface area (Å²) < 4.78 is 25.2. The lowest BCUT2D eigenvalue weighted by Crippen LogP contribution is -2.13. The molecule has 2 aromatic heterocycles. The Morgan fingerprint density at radius 3 is 2.88 bits per heavy atom. The van der Waals surface area contributed by atoms with Crippen molar-refractivity contribution < 1.29 is 18.4 Å². The van der Waals surface area contributed by atoms with Gasteiger partial charge in [-0.25, -0.2) is 9.37 Å². The number of aryl methyl sites for hydroxylation is 1. The summed E-state index contributed by atoms with van der Waals surface area (Å²) in [6, 6.07) is 6.22. The predicted octanol–water partition coefficient (Wildman–Crippen LogP) is 4.86. The van der Waals surface area contributed by atoms with Crippen LogP contribution < -0.4 is 0 Å². The van der Waals surface area contributed by atoms with E-state index < -0.39 is 17.9 Å². The third kappa shape index (κ3) is 3.96. The number of hydrogen-bond donors (Lipinski definition) is 0. The molecule has 8 heteroatoms. The van der Waals surface area contributed by atoms with E-state index in [9.17, 15) is 9.18 Å². The Morgan fingerprint density at radius 1 is 1.44 bits per heavy atom. The second-order valence-corrected chi connectivity index (χ2v) is 7.69. The molecule has 0 spiro atoms. The molecular formula is C17H14BrFN2O3S. The zero-order valence-electron chi connectivity index (χ0n) is 13.5. The zero-order valence-corrected chi connectivity index (χ0v) is 15.9. The SMILES string of the molecule is Cc1noc(-c2cnc(Br)s2)c1CC(=O)O[C@H](C)c1ccccc1F. The van der Waals surface area contributed by atoms with Gasteiger partial charge in [0.15, 0.2) is 9.68 Å². The largest absolute Gasteiger partial charge is 0.457 e. The van der Waals surface area contributed by atoms with Gasteiger partial charge in [-0.15, -0.1) is 11.3 Å². The molecule has 5 nitrogen and oxygen atoms in total. The third-order valence-corrected chi connectivity index (χ3v) is 5.13. The Morgan fingerprint density at radius 2 is 2.20 bits per heavy atom. The number of nitrogens with zero attached hydrogens (tertiary/aromatic N) is 2. The lowest BCUT2D eigenvalue weighted by Gasteiger charge is -2.14. The third-order valence-electron chi connectivity index (χ3n) is 3.66. The van der Waals surface area contributed by atoms with E-state index in [0.29, 0.717) is 26.5 Å². The summed E-state index contributed by atoms with van der Waals surface area (Å²) in [7, 11) is 0. The summed E-state index contributed by atoms with van der Waals surface area (Å²) in [5, 5.41) is 3.93. The van der Waals surface area contributed by atoms with Crippen molar-refractivity contribution in [2.45, 2.75) is 26.4 Å². The maximum Gasteiger partial charge on any atom is 0.311 e. The summed E-state index contributed by atoms with van der Waals surface area (Å²) in [4.78, 5) is 17.2. The van der Waals surface area contributed by atoms with E-state index in [2.05, 4.69) is 26.1 Å². The number of rotatable bonds is 5. The normalized spacial score (nSPS) is 12.2. The van der Waals surface area contributed by atoms with E-state index >= 15 is 0 Å². The summed E-state index contributed by atoms with van der Waals surface area (Å²) in [5.74, 6) is -0.387. The fourth-order valence-corrected chi connectivity index (χ4v) is 3.67. The number of aromatic nitrogens is 2. The molecule has 1 atom stereocenters. The minimum atomic E-state index is -0.685. The van der Waals surface area contributed by atoms with Crippen molar-refractivity contribution in [1.82, 2.24) is 10.1 Å². The molecule has 0 aliphatic carbocycles. The number of halogens is 2. The molecule has 0 amide bonds. The summed E-state index contributed by atoms with van der Waals surface area (Å²) >= 11 is 4.67. The minimum absolute atomic E-state index is 0.0149. The van der Waals surface area contributed by atoms with Gasteiger partial charge >= 0.3 is 5.97 Å². The summed E-state index contributed by atoms with van der Waals surface area (Å²) in [6.07, 6.45) is 0.944. The molecular weight excluding hydrogens is 411 g/mol. The van der Waals surface area contributed by atoms with Crippen LogP contribution in [0.5, 0.6) is 0 Å². The Hall–Kier alpha value is -2.06.